The van der Waals surface area contributed by atoms with Crippen molar-refractivity contribution in [1.29, 1.82) is 0 Å². The van der Waals surface area contributed by atoms with Gasteiger partial charge in [0.15, 0.2) is 0 Å². The molecule has 10 heteroatoms. The van der Waals surface area contributed by atoms with E-state index in [-0.39, 0.29) is 12.6 Å². The maximum atomic E-state index is 12.9. The molecule has 0 aliphatic rings. The minimum absolute atomic E-state index is 0.0261. The van der Waals surface area contributed by atoms with Gasteiger partial charge >= 0.3 is 12.4 Å². The van der Waals surface area contributed by atoms with Crippen molar-refractivity contribution >= 4 is 11.6 Å². The quantitative estimate of drug-likeness (QED) is 0.652. The molecule has 2 heterocycles. The molecule has 3 aromatic rings. The van der Waals surface area contributed by atoms with Crippen molar-refractivity contribution in [3.05, 3.63) is 70.7 Å². The van der Waals surface area contributed by atoms with Gasteiger partial charge in [-0.1, -0.05) is 6.07 Å². The highest BCUT2D eigenvalue weighted by molar-refractivity contribution is 5.94. The van der Waals surface area contributed by atoms with Gasteiger partial charge in [0.2, 0.25) is 0 Å². The van der Waals surface area contributed by atoms with Gasteiger partial charge in [0.1, 0.15) is 5.65 Å². The first-order chi connectivity index (χ1) is 12.9. The standard InChI is InChI=1S/C18H13F6N3O/c1-10-3-2-4-15-26-14(9-27(10)15)8-25-16(28)11-5-12(17(19,20)21)7-13(6-11)18(22,23)24/h2-7,9H,8H2,1H3,(H,25,28). The monoisotopic (exact) mass is 401 g/mol. The molecule has 0 atom stereocenters. The molecule has 1 amide bonds. The lowest BCUT2D eigenvalue weighted by molar-refractivity contribution is -0.143. The number of alkyl halides is 6. The van der Waals surface area contributed by atoms with Crippen molar-refractivity contribution in [2.75, 3.05) is 0 Å². The molecule has 0 bridgehead atoms. The van der Waals surface area contributed by atoms with Crippen molar-refractivity contribution in [1.82, 2.24) is 14.7 Å². The number of rotatable bonds is 3. The third kappa shape index (κ3) is 4.10. The lowest BCUT2D eigenvalue weighted by atomic mass is 10.0. The Morgan fingerprint density at radius 3 is 2.18 bits per heavy atom. The van der Waals surface area contributed by atoms with Crippen molar-refractivity contribution in [3.63, 3.8) is 0 Å². The number of hydrogen-bond acceptors (Lipinski definition) is 2. The first kappa shape index (κ1) is 19.7. The Labute approximate surface area is 154 Å². The number of carbonyl (C=O) groups excluding carboxylic acids is 1. The zero-order chi connectivity index (χ0) is 20.7. The molecule has 0 saturated heterocycles. The van der Waals surface area contributed by atoms with E-state index in [1.807, 2.05) is 13.0 Å². The molecule has 1 N–H and O–H groups in total. The Kier molecular flexibility index (Phi) is 4.82. The molecule has 0 spiro atoms. The van der Waals surface area contributed by atoms with Gasteiger partial charge in [0.05, 0.1) is 23.4 Å². The van der Waals surface area contributed by atoms with Crippen LogP contribution in [0, 0.1) is 6.92 Å². The van der Waals surface area contributed by atoms with E-state index in [0.717, 1.165) is 5.69 Å². The molecule has 28 heavy (non-hydrogen) atoms. The van der Waals surface area contributed by atoms with Crippen molar-refractivity contribution in [2.45, 2.75) is 25.8 Å². The number of nitrogens with one attached hydrogen (secondary N) is 1. The number of halogens is 6. The Morgan fingerprint density at radius 2 is 1.64 bits per heavy atom. The summed E-state index contributed by atoms with van der Waals surface area (Å²) in [6, 6.07) is 6.08. The lowest BCUT2D eigenvalue weighted by Crippen LogP contribution is -2.24. The summed E-state index contributed by atoms with van der Waals surface area (Å²) < 4.78 is 79.1. The summed E-state index contributed by atoms with van der Waals surface area (Å²) in [6.45, 7) is 1.68. The molecule has 4 nitrogen and oxygen atoms in total. The highest BCUT2D eigenvalue weighted by Crippen LogP contribution is 2.36. The van der Waals surface area contributed by atoms with Gasteiger partial charge in [-0.05, 0) is 37.3 Å². The summed E-state index contributed by atoms with van der Waals surface area (Å²) in [5, 5.41) is 2.30. The number of amides is 1. The van der Waals surface area contributed by atoms with E-state index in [9.17, 15) is 31.1 Å². The predicted molar refractivity (Wildman–Crippen MR) is 87.5 cm³/mol. The summed E-state index contributed by atoms with van der Waals surface area (Å²) >= 11 is 0. The maximum absolute atomic E-state index is 12.9. The highest BCUT2D eigenvalue weighted by atomic mass is 19.4. The third-order valence-electron chi connectivity index (χ3n) is 4.03. The molecule has 0 saturated carbocycles. The fourth-order valence-corrected chi connectivity index (χ4v) is 2.64. The molecule has 0 aliphatic heterocycles. The topological polar surface area (TPSA) is 46.4 Å². The van der Waals surface area contributed by atoms with Crippen LogP contribution < -0.4 is 5.32 Å². The van der Waals surface area contributed by atoms with Gasteiger partial charge < -0.3 is 9.72 Å². The minimum atomic E-state index is -5.02. The summed E-state index contributed by atoms with van der Waals surface area (Å²) in [7, 11) is 0. The largest absolute Gasteiger partial charge is 0.416 e. The van der Waals surface area contributed by atoms with E-state index < -0.39 is 35.0 Å². The van der Waals surface area contributed by atoms with E-state index >= 15 is 0 Å². The van der Waals surface area contributed by atoms with Crippen molar-refractivity contribution in [3.8, 4) is 0 Å². The first-order valence-electron chi connectivity index (χ1n) is 7.96. The summed E-state index contributed by atoms with van der Waals surface area (Å²) in [5.74, 6) is -1.06. The second-order valence-electron chi connectivity index (χ2n) is 6.10. The fourth-order valence-electron chi connectivity index (χ4n) is 2.64. The molecule has 0 unspecified atom stereocenters. The number of nitrogens with zero attached hydrogens (tertiary/aromatic N) is 2. The summed E-state index contributed by atoms with van der Waals surface area (Å²) in [6.07, 6.45) is -8.41. The highest BCUT2D eigenvalue weighted by Gasteiger charge is 2.37. The molecule has 0 fully saturated rings. The van der Waals surface area contributed by atoms with E-state index in [1.165, 1.54) is 0 Å². The Bertz CT molecular complexity index is 1000. The second kappa shape index (κ2) is 6.84. The lowest BCUT2D eigenvalue weighted by Gasteiger charge is -2.14. The molecule has 0 aliphatic carbocycles. The Hall–Kier alpha value is -3.04. The molecule has 1 aromatic carbocycles. The smallest absolute Gasteiger partial charge is 0.346 e. The van der Waals surface area contributed by atoms with Crippen LogP contribution in [-0.4, -0.2) is 15.3 Å². The van der Waals surface area contributed by atoms with Crippen LogP contribution in [0.1, 0.15) is 32.9 Å². The maximum Gasteiger partial charge on any atom is 0.416 e. The average Bonchev–Trinajstić information content (AvgIpc) is 3.02. The van der Waals surface area contributed by atoms with E-state index in [2.05, 4.69) is 10.3 Å². The second-order valence-corrected chi connectivity index (χ2v) is 6.10. The van der Waals surface area contributed by atoms with Gasteiger partial charge in [-0.15, -0.1) is 0 Å². The molecule has 148 valence electrons. The van der Waals surface area contributed by atoms with Gasteiger partial charge in [0.25, 0.3) is 5.91 Å². The van der Waals surface area contributed by atoms with Crippen molar-refractivity contribution in [2.24, 2.45) is 0 Å². The van der Waals surface area contributed by atoms with E-state index in [1.54, 1.807) is 22.7 Å². The number of hydrogen-bond donors (Lipinski definition) is 1. The van der Waals surface area contributed by atoms with Crippen LogP contribution in [0.2, 0.25) is 0 Å². The van der Waals surface area contributed by atoms with Crippen LogP contribution in [0.25, 0.3) is 5.65 Å². The average molecular weight is 401 g/mol. The molecular formula is C18H13F6N3O. The van der Waals surface area contributed by atoms with Gasteiger partial charge in [-0.25, -0.2) is 4.98 Å². The molecular weight excluding hydrogens is 388 g/mol. The number of carbonyl (C=O) groups is 1. The van der Waals surface area contributed by atoms with Crippen LogP contribution in [-0.2, 0) is 18.9 Å². The number of benzene rings is 1. The predicted octanol–water partition coefficient (Wildman–Crippen LogP) is 4.61. The Balaban J connectivity index is 1.85. The molecule has 0 radical (unpaired) electrons. The molecule has 3 rings (SSSR count). The van der Waals surface area contributed by atoms with Gasteiger partial charge in [-0.3, -0.25) is 4.79 Å². The third-order valence-corrected chi connectivity index (χ3v) is 4.03. The summed E-state index contributed by atoms with van der Waals surface area (Å²) in [5.41, 5.74) is -1.95. The number of pyridine rings is 1. The normalized spacial score (nSPS) is 12.4. The van der Waals surface area contributed by atoms with Gasteiger partial charge in [0, 0.05) is 17.5 Å². The van der Waals surface area contributed by atoms with E-state index in [0.29, 0.717) is 23.5 Å². The van der Waals surface area contributed by atoms with Crippen LogP contribution in [0.5, 0.6) is 0 Å². The van der Waals surface area contributed by atoms with Crippen LogP contribution in [0.4, 0.5) is 26.3 Å². The van der Waals surface area contributed by atoms with Gasteiger partial charge in [-0.2, -0.15) is 26.3 Å². The minimum Gasteiger partial charge on any atom is -0.346 e. The van der Waals surface area contributed by atoms with Crippen LogP contribution in [0.15, 0.2) is 42.6 Å². The number of aromatic nitrogens is 2. The number of fused-ring (bicyclic) bond motifs is 1. The van der Waals surface area contributed by atoms with Crippen LogP contribution in [0.3, 0.4) is 0 Å². The van der Waals surface area contributed by atoms with Crippen LogP contribution >= 0.6 is 0 Å². The van der Waals surface area contributed by atoms with E-state index in [4.69, 9.17) is 0 Å². The zero-order valence-corrected chi connectivity index (χ0v) is 14.3. The fraction of sp³-hybridized carbons (Fsp3) is 0.222. The SMILES string of the molecule is Cc1cccc2nc(CNC(=O)c3cc(C(F)(F)F)cc(C(F)(F)F)c3)cn12. The first-order valence-corrected chi connectivity index (χ1v) is 7.96. The molecule has 2 aromatic heterocycles. The number of aryl methyl sites for hydroxylation is 1. The number of imidazole rings is 1. The summed E-state index contributed by atoms with van der Waals surface area (Å²) in [4.78, 5) is 16.4. The van der Waals surface area contributed by atoms with Crippen molar-refractivity contribution < 1.29 is 31.1 Å². The zero-order valence-electron chi connectivity index (χ0n) is 14.3. The Morgan fingerprint density at radius 1 is 1.04 bits per heavy atom.